The van der Waals surface area contributed by atoms with Gasteiger partial charge in [0.2, 0.25) is 0 Å². The molecule has 0 spiro atoms. The van der Waals surface area contributed by atoms with E-state index in [2.05, 4.69) is 10.1 Å². The van der Waals surface area contributed by atoms with Crippen LogP contribution in [0.2, 0.25) is 0 Å². The highest BCUT2D eigenvalue weighted by molar-refractivity contribution is 5.87. The van der Waals surface area contributed by atoms with Crippen molar-refractivity contribution in [1.29, 1.82) is 0 Å². The Morgan fingerprint density at radius 2 is 2.00 bits per heavy atom. The maximum atomic E-state index is 5.76. The molecule has 14 heavy (non-hydrogen) atoms. The number of para-hydroxylation sites is 2. The van der Waals surface area contributed by atoms with Crippen LogP contribution in [0.3, 0.4) is 0 Å². The van der Waals surface area contributed by atoms with Gasteiger partial charge >= 0.3 is 0 Å². The maximum Gasteiger partial charge on any atom is 0.179 e. The van der Waals surface area contributed by atoms with Gasteiger partial charge in [0.05, 0.1) is 11.0 Å². The van der Waals surface area contributed by atoms with Crippen LogP contribution >= 0.6 is 0 Å². The van der Waals surface area contributed by atoms with E-state index in [1.807, 2.05) is 24.3 Å². The summed E-state index contributed by atoms with van der Waals surface area (Å²) in [7, 11) is 0. The third kappa shape index (κ3) is 0.711. The third-order valence-corrected chi connectivity index (χ3v) is 2.32. The molecule has 70 valence electrons. The fourth-order valence-corrected chi connectivity index (χ4v) is 1.62. The van der Waals surface area contributed by atoms with E-state index in [1.54, 1.807) is 4.52 Å². The third-order valence-electron chi connectivity index (χ3n) is 2.32. The number of anilines is 2. The van der Waals surface area contributed by atoms with Crippen molar-refractivity contribution in [3.05, 3.63) is 24.3 Å². The Bertz CT molecular complexity index is 618. The lowest BCUT2D eigenvalue weighted by Crippen LogP contribution is -1.91. The summed E-state index contributed by atoms with van der Waals surface area (Å²) in [6.45, 7) is 0. The second-order valence-electron chi connectivity index (χ2n) is 3.20. The molecule has 0 saturated carbocycles. The molecule has 0 amide bonds. The van der Waals surface area contributed by atoms with Gasteiger partial charge in [0.25, 0.3) is 0 Å². The molecule has 0 radical (unpaired) electrons. The number of nitrogens with zero attached hydrogens (tertiary/aromatic N) is 2. The van der Waals surface area contributed by atoms with Gasteiger partial charge in [0.1, 0.15) is 11.5 Å². The smallest absolute Gasteiger partial charge is 0.179 e. The molecule has 2 heterocycles. The Balaban J connectivity index is 2.60. The number of aromatic amines is 1. The molecule has 3 rings (SSSR count). The summed E-state index contributed by atoms with van der Waals surface area (Å²) < 4.78 is 1.79. The largest absolute Gasteiger partial charge is 0.393 e. The topological polar surface area (TPSA) is 85.1 Å². The van der Waals surface area contributed by atoms with E-state index in [0.29, 0.717) is 17.2 Å². The molecule has 0 bridgehead atoms. The quantitative estimate of drug-likeness (QED) is 0.490. The predicted molar refractivity (Wildman–Crippen MR) is 55.9 cm³/mol. The number of fused-ring (bicyclic) bond motifs is 3. The number of aromatic nitrogens is 3. The van der Waals surface area contributed by atoms with Gasteiger partial charge in [-0.1, -0.05) is 12.1 Å². The van der Waals surface area contributed by atoms with Crippen molar-refractivity contribution in [3.63, 3.8) is 0 Å². The van der Waals surface area contributed by atoms with E-state index in [0.717, 1.165) is 11.0 Å². The van der Waals surface area contributed by atoms with Crippen LogP contribution in [0.25, 0.3) is 16.7 Å². The minimum Gasteiger partial charge on any atom is -0.393 e. The van der Waals surface area contributed by atoms with Crippen molar-refractivity contribution in [1.82, 2.24) is 14.6 Å². The van der Waals surface area contributed by atoms with Crippen LogP contribution in [0.4, 0.5) is 11.5 Å². The van der Waals surface area contributed by atoms with Gasteiger partial charge in [-0.3, -0.25) is 5.10 Å². The Kier molecular flexibility index (Phi) is 1.14. The van der Waals surface area contributed by atoms with Crippen LogP contribution in [-0.2, 0) is 0 Å². The number of nitrogen functional groups attached to an aromatic ring is 2. The highest BCUT2D eigenvalue weighted by Gasteiger charge is 2.10. The van der Waals surface area contributed by atoms with Crippen molar-refractivity contribution in [2.45, 2.75) is 0 Å². The van der Waals surface area contributed by atoms with Gasteiger partial charge in [-0.05, 0) is 12.1 Å². The van der Waals surface area contributed by atoms with E-state index in [4.69, 9.17) is 11.5 Å². The van der Waals surface area contributed by atoms with Gasteiger partial charge in [0, 0.05) is 0 Å². The fourth-order valence-electron chi connectivity index (χ4n) is 1.62. The minimum atomic E-state index is 0.457. The molecule has 5 N–H and O–H groups in total. The number of rotatable bonds is 0. The number of nitrogens with one attached hydrogen (secondary N) is 1. The molecule has 5 nitrogen and oxygen atoms in total. The van der Waals surface area contributed by atoms with Crippen LogP contribution < -0.4 is 11.5 Å². The molecule has 0 aliphatic rings. The van der Waals surface area contributed by atoms with Crippen molar-refractivity contribution in [2.75, 3.05) is 11.5 Å². The first-order valence-corrected chi connectivity index (χ1v) is 4.27. The molecule has 0 atom stereocenters. The molecular weight excluding hydrogens is 178 g/mol. The molecule has 0 aliphatic carbocycles. The van der Waals surface area contributed by atoms with Crippen LogP contribution in [0.15, 0.2) is 24.3 Å². The van der Waals surface area contributed by atoms with Crippen LogP contribution in [-0.4, -0.2) is 14.6 Å². The number of imidazole rings is 1. The predicted octanol–water partition coefficient (Wildman–Crippen LogP) is 0.980. The molecule has 0 unspecified atom stereocenters. The van der Waals surface area contributed by atoms with E-state index >= 15 is 0 Å². The van der Waals surface area contributed by atoms with E-state index in [-0.39, 0.29) is 0 Å². The zero-order chi connectivity index (χ0) is 9.71. The average Bonchev–Trinajstić information content (AvgIpc) is 2.67. The standard InChI is InChI=1S/C9H9N5/c10-7-8(11)13-14-6-4-2-1-3-5(6)12-9(7)14/h1-4,13H,10-11H2. The highest BCUT2D eigenvalue weighted by atomic mass is 15.3. The zero-order valence-electron chi connectivity index (χ0n) is 7.36. The first kappa shape index (κ1) is 7.25. The first-order valence-electron chi connectivity index (χ1n) is 4.27. The van der Waals surface area contributed by atoms with Crippen molar-refractivity contribution < 1.29 is 0 Å². The molecule has 3 aromatic rings. The van der Waals surface area contributed by atoms with E-state index in [9.17, 15) is 0 Å². The van der Waals surface area contributed by atoms with E-state index < -0.39 is 0 Å². The summed E-state index contributed by atoms with van der Waals surface area (Å²) in [6.07, 6.45) is 0. The lowest BCUT2D eigenvalue weighted by Gasteiger charge is -1.89. The number of hydrogen-bond acceptors (Lipinski definition) is 3. The number of H-pyrrole nitrogens is 1. The SMILES string of the molecule is Nc1[nH]n2c(nc3ccccc32)c1N. The lowest BCUT2D eigenvalue weighted by molar-refractivity contribution is 1.01. The number of nitrogens with two attached hydrogens (primary N) is 2. The Morgan fingerprint density at radius 1 is 1.21 bits per heavy atom. The van der Waals surface area contributed by atoms with Gasteiger partial charge in [-0.25, -0.2) is 9.50 Å². The summed E-state index contributed by atoms with van der Waals surface area (Å²) in [5, 5.41) is 2.96. The first-order chi connectivity index (χ1) is 6.77. The molecular formula is C9H9N5. The zero-order valence-corrected chi connectivity index (χ0v) is 7.36. The van der Waals surface area contributed by atoms with Gasteiger partial charge in [-0.15, -0.1) is 0 Å². The Morgan fingerprint density at radius 3 is 2.86 bits per heavy atom. The van der Waals surface area contributed by atoms with Gasteiger partial charge in [-0.2, -0.15) is 0 Å². The Labute approximate surface area is 79.3 Å². The summed E-state index contributed by atoms with van der Waals surface area (Å²) in [5.74, 6) is 0.457. The molecule has 0 saturated heterocycles. The average molecular weight is 187 g/mol. The maximum absolute atomic E-state index is 5.76. The fraction of sp³-hybridized carbons (Fsp3) is 0. The number of benzene rings is 1. The van der Waals surface area contributed by atoms with Crippen molar-refractivity contribution in [2.24, 2.45) is 0 Å². The molecule has 2 aromatic heterocycles. The van der Waals surface area contributed by atoms with E-state index in [1.165, 1.54) is 0 Å². The van der Waals surface area contributed by atoms with Gasteiger partial charge < -0.3 is 11.5 Å². The van der Waals surface area contributed by atoms with Crippen LogP contribution in [0, 0.1) is 0 Å². The molecule has 1 aromatic carbocycles. The van der Waals surface area contributed by atoms with Crippen molar-refractivity contribution >= 4 is 28.2 Å². The molecule has 0 aliphatic heterocycles. The van der Waals surface area contributed by atoms with Gasteiger partial charge in [0.15, 0.2) is 5.65 Å². The summed E-state index contributed by atoms with van der Waals surface area (Å²) in [5.41, 5.74) is 14.5. The summed E-state index contributed by atoms with van der Waals surface area (Å²) >= 11 is 0. The second-order valence-corrected chi connectivity index (χ2v) is 3.20. The molecule has 0 fully saturated rings. The summed E-state index contributed by atoms with van der Waals surface area (Å²) in [6, 6.07) is 7.79. The number of hydrogen-bond donors (Lipinski definition) is 3. The van der Waals surface area contributed by atoms with Crippen LogP contribution in [0.5, 0.6) is 0 Å². The minimum absolute atomic E-state index is 0.457. The monoisotopic (exact) mass is 187 g/mol. The van der Waals surface area contributed by atoms with Crippen LogP contribution in [0.1, 0.15) is 0 Å². The molecule has 5 heteroatoms. The summed E-state index contributed by atoms with van der Waals surface area (Å²) in [4.78, 5) is 4.36. The highest BCUT2D eigenvalue weighted by Crippen LogP contribution is 2.24. The van der Waals surface area contributed by atoms with Crippen molar-refractivity contribution in [3.8, 4) is 0 Å². The normalized spacial score (nSPS) is 11.4. The Hall–Kier alpha value is -2.17. The lowest BCUT2D eigenvalue weighted by atomic mass is 10.3. The second kappa shape index (κ2) is 2.20.